The quantitative estimate of drug-likeness (QED) is 0.228. The third-order valence-electron chi connectivity index (χ3n) is 5.44. The van der Waals surface area contributed by atoms with Crippen LogP contribution in [0.4, 0.5) is 11.6 Å². The third-order valence-corrected chi connectivity index (χ3v) is 5.98. The smallest absolute Gasteiger partial charge is 0.358 e. The highest BCUT2D eigenvalue weighted by Gasteiger charge is 2.17. The number of hydrogen-bond acceptors (Lipinski definition) is 9. The number of nitrogen functional groups attached to an aromatic ring is 1. The van der Waals surface area contributed by atoms with Crippen molar-refractivity contribution in [3.63, 3.8) is 0 Å². The molecule has 0 fully saturated rings. The van der Waals surface area contributed by atoms with E-state index in [1.807, 2.05) is 0 Å². The van der Waals surface area contributed by atoms with E-state index in [0.717, 1.165) is 5.69 Å². The largest absolute Gasteiger partial charge is 0.465 e. The number of benzene rings is 1. The van der Waals surface area contributed by atoms with Crippen LogP contribution in [0.2, 0.25) is 10.0 Å². The van der Waals surface area contributed by atoms with Crippen molar-refractivity contribution in [2.24, 2.45) is 0 Å². The Morgan fingerprint density at radius 2 is 1.92 bits per heavy atom. The Hall–Kier alpha value is -3.89. The summed E-state index contributed by atoms with van der Waals surface area (Å²) in [5.41, 5.74) is 8.83. The monoisotopic (exact) mass is 542 g/mol. The van der Waals surface area contributed by atoms with E-state index in [9.17, 15) is 9.59 Å². The first-order chi connectivity index (χ1) is 17.8. The van der Waals surface area contributed by atoms with Gasteiger partial charge in [0, 0.05) is 28.9 Å². The molecule has 3 N–H and O–H groups in total. The molecule has 0 atom stereocenters. The van der Waals surface area contributed by atoms with Crippen LogP contribution in [0.15, 0.2) is 42.6 Å². The van der Waals surface area contributed by atoms with Gasteiger partial charge < -0.3 is 20.5 Å². The van der Waals surface area contributed by atoms with Crippen molar-refractivity contribution >= 4 is 52.3 Å². The summed E-state index contributed by atoms with van der Waals surface area (Å²) in [6, 6.07) is 10.1. The molecule has 0 spiro atoms. The molecule has 0 radical (unpaired) electrons. The minimum atomic E-state index is -0.531. The molecule has 0 saturated carbocycles. The van der Waals surface area contributed by atoms with Gasteiger partial charge in [-0.3, -0.25) is 0 Å². The molecule has 37 heavy (non-hydrogen) atoms. The lowest BCUT2D eigenvalue weighted by molar-refractivity contribution is 0.0518. The third kappa shape index (κ3) is 5.92. The van der Waals surface area contributed by atoms with E-state index < -0.39 is 11.9 Å². The fourth-order valence-electron chi connectivity index (χ4n) is 3.67. The number of halogens is 2. The standard InChI is InChI=1S/C25H24Cl2N6O4/c1-3-37-25(35)19-12-21-23(29-10-4-5-15-7-9-17(22(28)30-15)24(34)36-2)31-20(13-33(21)32-19)16-8-6-14(26)11-18(16)27/h6-9,11-13H,3-5,10H2,1-2H3,(H2,28,30)(H,29,31). The second kappa shape index (κ2) is 11.4. The molecule has 12 heteroatoms. The summed E-state index contributed by atoms with van der Waals surface area (Å²) in [4.78, 5) is 33.0. The van der Waals surface area contributed by atoms with E-state index in [2.05, 4.69) is 15.4 Å². The SMILES string of the molecule is CCOC(=O)c1cc2c(NCCCc3ccc(C(=O)OC)c(N)n3)nc(-c3ccc(Cl)cc3Cl)cn2n1. The van der Waals surface area contributed by atoms with Crippen molar-refractivity contribution in [2.75, 3.05) is 31.3 Å². The molecule has 4 rings (SSSR count). The zero-order valence-corrected chi connectivity index (χ0v) is 21.6. The van der Waals surface area contributed by atoms with Crippen LogP contribution in [0.5, 0.6) is 0 Å². The summed E-state index contributed by atoms with van der Waals surface area (Å²) in [5, 5.41) is 8.62. The highest BCUT2D eigenvalue weighted by atomic mass is 35.5. The van der Waals surface area contributed by atoms with E-state index >= 15 is 0 Å². The summed E-state index contributed by atoms with van der Waals surface area (Å²) >= 11 is 12.5. The molecule has 4 aromatic rings. The molecule has 192 valence electrons. The number of hydrogen-bond donors (Lipinski definition) is 2. The topological polar surface area (TPSA) is 134 Å². The van der Waals surface area contributed by atoms with Crippen molar-refractivity contribution in [1.82, 2.24) is 19.6 Å². The van der Waals surface area contributed by atoms with Gasteiger partial charge in [0.05, 0.1) is 30.6 Å². The van der Waals surface area contributed by atoms with Crippen LogP contribution in [0.3, 0.4) is 0 Å². The highest BCUT2D eigenvalue weighted by Crippen LogP contribution is 2.31. The summed E-state index contributed by atoms with van der Waals surface area (Å²) < 4.78 is 11.4. The molecular weight excluding hydrogens is 519 g/mol. The molecule has 0 aliphatic carbocycles. The van der Waals surface area contributed by atoms with Crippen LogP contribution in [0.25, 0.3) is 16.8 Å². The Kier molecular flexibility index (Phi) is 8.10. The number of nitrogens with zero attached hydrogens (tertiary/aromatic N) is 4. The first kappa shape index (κ1) is 26.2. The van der Waals surface area contributed by atoms with E-state index in [4.69, 9.17) is 43.4 Å². The molecule has 0 unspecified atom stereocenters. The van der Waals surface area contributed by atoms with Crippen LogP contribution >= 0.6 is 23.2 Å². The van der Waals surface area contributed by atoms with Crippen molar-refractivity contribution in [1.29, 1.82) is 0 Å². The number of esters is 2. The normalized spacial score (nSPS) is 10.9. The fourth-order valence-corrected chi connectivity index (χ4v) is 4.17. The van der Waals surface area contributed by atoms with Gasteiger partial charge in [0.2, 0.25) is 0 Å². The van der Waals surface area contributed by atoms with E-state index in [0.29, 0.717) is 52.0 Å². The van der Waals surface area contributed by atoms with Crippen molar-refractivity contribution in [2.45, 2.75) is 19.8 Å². The molecule has 0 amide bonds. The summed E-state index contributed by atoms with van der Waals surface area (Å²) in [5.74, 6) is -0.418. The minimum absolute atomic E-state index is 0.124. The number of fused-ring (bicyclic) bond motifs is 1. The predicted molar refractivity (Wildman–Crippen MR) is 141 cm³/mol. The number of carbonyl (C=O) groups excluding carboxylic acids is 2. The number of nitrogens with two attached hydrogens (primary N) is 1. The van der Waals surface area contributed by atoms with Gasteiger partial charge >= 0.3 is 11.9 Å². The first-order valence-electron chi connectivity index (χ1n) is 11.4. The van der Waals surface area contributed by atoms with Crippen molar-refractivity contribution in [3.05, 3.63) is 69.6 Å². The second-order valence-corrected chi connectivity index (χ2v) is 8.78. The highest BCUT2D eigenvalue weighted by molar-refractivity contribution is 6.36. The Bertz CT molecular complexity index is 1470. The van der Waals surface area contributed by atoms with Crippen LogP contribution in [-0.2, 0) is 15.9 Å². The summed E-state index contributed by atoms with van der Waals surface area (Å²) in [7, 11) is 1.29. The van der Waals surface area contributed by atoms with E-state index in [-0.39, 0.29) is 23.7 Å². The molecule has 3 heterocycles. The number of pyridine rings is 1. The molecule has 0 aliphatic rings. The zero-order valence-electron chi connectivity index (χ0n) is 20.1. The van der Waals surface area contributed by atoms with Crippen LogP contribution in [0.1, 0.15) is 39.9 Å². The maximum absolute atomic E-state index is 12.3. The second-order valence-electron chi connectivity index (χ2n) is 7.94. The van der Waals surface area contributed by atoms with Gasteiger partial charge in [0.1, 0.15) is 16.9 Å². The number of anilines is 2. The van der Waals surface area contributed by atoms with Gasteiger partial charge in [-0.2, -0.15) is 5.10 Å². The van der Waals surface area contributed by atoms with Gasteiger partial charge in [-0.05, 0) is 50.1 Å². The van der Waals surface area contributed by atoms with Crippen molar-refractivity contribution < 1.29 is 19.1 Å². The number of rotatable bonds is 9. The molecule has 0 saturated heterocycles. The lowest BCUT2D eigenvalue weighted by atomic mass is 10.1. The molecule has 0 bridgehead atoms. The Labute approximate surface area is 222 Å². The van der Waals surface area contributed by atoms with Crippen molar-refractivity contribution in [3.8, 4) is 11.3 Å². The van der Waals surface area contributed by atoms with Gasteiger partial charge in [0.15, 0.2) is 11.5 Å². The molecule has 0 aliphatic heterocycles. The Morgan fingerprint density at radius 1 is 1.11 bits per heavy atom. The molecule has 3 aromatic heterocycles. The number of ether oxygens (including phenoxy) is 2. The minimum Gasteiger partial charge on any atom is -0.465 e. The summed E-state index contributed by atoms with van der Waals surface area (Å²) in [6.45, 7) is 2.50. The van der Waals surface area contributed by atoms with E-state index in [1.165, 1.54) is 7.11 Å². The predicted octanol–water partition coefficient (Wildman–Crippen LogP) is 4.69. The lowest BCUT2D eigenvalue weighted by Crippen LogP contribution is -2.10. The van der Waals surface area contributed by atoms with Gasteiger partial charge in [0.25, 0.3) is 0 Å². The van der Waals surface area contributed by atoms with Crippen LogP contribution in [0, 0.1) is 0 Å². The number of aromatic nitrogens is 4. The molecule has 10 nitrogen and oxygen atoms in total. The number of nitrogens with one attached hydrogen (secondary N) is 1. The molecular formula is C25H24Cl2N6O4. The maximum Gasteiger partial charge on any atom is 0.358 e. The summed E-state index contributed by atoms with van der Waals surface area (Å²) in [6.07, 6.45) is 2.97. The number of methoxy groups -OCH3 is 1. The Morgan fingerprint density at radius 3 is 2.62 bits per heavy atom. The Balaban J connectivity index is 1.57. The van der Waals surface area contributed by atoms with E-state index in [1.54, 1.807) is 54.0 Å². The number of carbonyl (C=O) groups is 2. The zero-order chi connectivity index (χ0) is 26.5. The van der Waals surface area contributed by atoms with Gasteiger partial charge in [-0.1, -0.05) is 23.2 Å². The molecule has 1 aromatic carbocycles. The fraction of sp³-hybridized carbons (Fsp3) is 0.240. The lowest BCUT2D eigenvalue weighted by Gasteiger charge is -2.11. The van der Waals surface area contributed by atoms with Gasteiger partial charge in [-0.25, -0.2) is 24.1 Å². The maximum atomic E-state index is 12.3. The average molecular weight is 543 g/mol. The average Bonchev–Trinajstić information content (AvgIpc) is 3.31. The van der Waals surface area contributed by atoms with Crippen LogP contribution < -0.4 is 11.1 Å². The first-order valence-corrected chi connectivity index (χ1v) is 12.2. The number of aryl methyl sites for hydroxylation is 1. The van der Waals surface area contributed by atoms with Crippen LogP contribution in [-0.4, -0.2) is 51.8 Å². The van der Waals surface area contributed by atoms with Gasteiger partial charge in [-0.15, -0.1) is 0 Å².